The molecule has 0 bridgehead atoms. The van der Waals surface area contributed by atoms with Crippen LogP contribution in [-0.2, 0) is 9.53 Å². The molecule has 1 heterocycles. The lowest BCUT2D eigenvalue weighted by Crippen LogP contribution is -2.31. The number of aryl methyl sites for hydroxylation is 1. The predicted octanol–water partition coefficient (Wildman–Crippen LogP) is 3.78. The lowest BCUT2D eigenvalue weighted by molar-refractivity contribution is -0.146. The monoisotopic (exact) mass is 412 g/mol. The minimum atomic E-state index is -0.543. The molecule has 0 atom stereocenters. The molecule has 0 radical (unpaired) electrons. The Kier molecular flexibility index (Phi) is 6.92. The van der Waals surface area contributed by atoms with Crippen molar-refractivity contribution in [1.82, 2.24) is 5.32 Å². The van der Waals surface area contributed by atoms with E-state index in [0.717, 1.165) is 23.5 Å². The molecule has 9 heteroatoms. The summed E-state index contributed by atoms with van der Waals surface area (Å²) in [7, 11) is 0. The fourth-order valence-electron chi connectivity index (χ4n) is 2.16. The van der Waals surface area contributed by atoms with Crippen LogP contribution < -0.4 is 10.6 Å². The minimum Gasteiger partial charge on any atom is -0.462 e. The summed E-state index contributed by atoms with van der Waals surface area (Å²) in [6.45, 7) is 4.89. The first kappa shape index (κ1) is 20.9. The van der Waals surface area contributed by atoms with Gasteiger partial charge in [-0.1, -0.05) is 11.6 Å². The lowest BCUT2D eigenvalue weighted by Gasteiger charge is -2.08. The second kappa shape index (κ2) is 8.96. The van der Waals surface area contributed by atoms with Gasteiger partial charge in [-0.05, 0) is 50.6 Å². The molecular formula is C18H18ClFN2O4S. The Hall–Kier alpha value is -2.45. The van der Waals surface area contributed by atoms with Gasteiger partial charge in [0.1, 0.15) is 12.4 Å². The van der Waals surface area contributed by atoms with Crippen molar-refractivity contribution in [2.45, 2.75) is 26.9 Å². The van der Waals surface area contributed by atoms with Gasteiger partial charge in [-0.3, -0.25) is 14.4 Å². The van der Waals surface area contributed by atoms with E-state index in [-0.39, 0.29) is 23.2 Å². The number of thiophene rings is 1. The molecule has 6 nitrogen and oxygen atoms in total. The first-order valence-electron chi connectivity index (χ1n) is 8.02. The Balaban J connectivity index is 2.04. The number of nitrogens with one attached hydrogen (secondary N) is 2. The summed E-state index contributed by atoms with van der Waals surface area (Å²) < 4.78 is 18.0. The van der Waals surface area contributed by atoms with Gasteiger partial charge < -0.3 is 15.4 Å². The number of esters is 1. The van der Waals surface area contributed by atoms with E-state index in [0.29, 0.717) is 15.4 Å². The lowest BCUT2D eigenvalue weighted by atomic mass is 10.2. The number of ether oxygens (including phenoxy) is 1. The third-order valence-electron chi connectivity index (χ3n) is 3.30. The van der Waals surface area contributed by atoms with Gasteiger partial charge in [0.25, 0.3) is 11.8 Å². The smallest absolute Gasteiger partial charge is 0.325 e. The van der Waals surface area contributed by atoms with Crippen LogP contribution in [0.25, 0.3) is 0 Å². The van der Waals surface area contributed by atoms with E-state index in [1.54, 1.807) is 26.8 Å². The molecule has 27 heavy (non-hydrogen) atoms. The summed E-state index contributed by atoms with van der Waals surface area (Å²) in [6.07, 6.45) is -0.266. The molecule has 0 aliphatic heterocycles. The molecule has 0 saturated carbocycles. The molecule has 2 amide bonds. The van der Waals surface area contributed by atoms with Gasteiger partial charge in [0.2, 0.25) is 0 Å². The maximum atomic E-state index is 13.1. The van der Waals surface area contributed by atoms with Gasteiger partial charge >= 0.3 is 5.97 Å². The first-order valence-corrected chi connectivity index (χ1v) is 9.21. The van der Waals surface area contributed by atoms with E-state index in [4.69, 9.17) is 16.3 Å². The zero-order valence-electron chi connectivity index (χ0n) is 14.9. The van der Waals surface area contributed by atoms with E-state index >= 15 is 0 Å². The fourth-order valence-corrected chi connectivity index (χ4v) is 3.40. The summed E-state index contributed by atoms with van der Waals surface area (Å²) >= 11 is 6.93. The highest BCUT2D eigenvalue weighted by Gasteiger charge is 2.18. The van der Waals surface area contributed by atoms with Crippen molar-refractivity contribution in [3.63, 3.8) is 0 Å². The molecular weight excluding hydrogens is 395 g/mol. The van der Waals surface area contributed by atoms with Gasteiger partial charge in [-0.25, -0.2) is 4.39 Å². The molecule has 0 aliphatic carbocycles. The van der Waals surface area contributed by atoms with E-state index in [9.17, 15) is 18.8 Å². The van der Waals surface area contributed by atoms with E-state index in [2.05, 4.69) is 10.6 Å². The van der Waals surface area contributed by atoms with Crippen LogP contribution in [0.3, 0.4) is 0 Å². The van der Waals surface area contributed by atoms with Crippen molar-refractivity contribution in [3.8, 4) is 0 Å². The Morgan fingerprint density at radius 3 is 2.56 bits per heavy atom. The molecule has 2 N–H and O–H groups in total. The maximum Gasteiger partial charge on any atom is 0.325 e. The molecule has 0 unspecified atom stereocenters. The van der Waals surface area contributed by atoms with Crippen molar-refractivity contribution >= 4 is 45.7 Å². The van der Waals surface area contributed by atoms with Gasteiger partial charge in [0, 0.05) is 0 Å². The van der Waals surface area contributed by atoms with Gasteiger partial charge in [-0.15, -0.1) is 11.3 Å². The van der Waals surface area contributed by atoms with Crippen LogP contribution in [0.1, 0.15) is 39.4 Å². The van der Waals surface area contributed by atoms with E-state index in [1.165, 1.54) is 6.07 Å². The van der Waals surface area contributed by atoms with Gasteiger partial charge in [-0.2, -0.15) is 0 Å². The molecule has 144 valence electrons. The zero-order chi connectivity index (χ0) is 20.1. The topological polar surface area (TPSA) is 84.5 Å². The quantitative estimate of drug-likeness (QED) is 0.707. The second-order valence-corrected chi connectivity index (χ2v) is 7.38. The highest BCUT2D eigenvalue weighted by atomic mass is 35.5. The standard InChI is InChI=1S/C18H18ClFN2O4S/c1-9(2)26-15(23)8-21-18(25)16-10(3)6-14(27-16)22-17(24)12-5-4-11(20)7-13(12)19/h4-7,9H,8H2,1-3H3,(H,21,25)(H,22,24). The van der Waals surface area contributed by atoms with Crippen molar-refractivity contribution < 1.29 is 23.5 Å². The summed E-state index contributed by atoms with van der Waals surface area (Å²) in [4.78, 5) is 36.4. The summed E-state index contributed by atoms with van der Waals surface area (Å²) in [6, 6.07) is 5.09. The van der Waals surface area contributed by atoms with Crippen molar-refractivity contribution in [3.05, 3.63) is 51.1 Å². The van der Waals surface area contributed by atoms with Crippen LogP contribution in [0.15, 0.2) is 24.3 Å². The van der Waals surface area contributed by atoms with Crippen molar-refractivity contribution in [2.75, 3.05) is 11.9 Å². The number of rotatable bonds is 6. The van der Waals surface area contributed by atoms with E-state index in [1.807, 2.05) is 0 Å². The molecule has 1 aromatic heterocycles. The number of benzene rings is 1. The number of anilines is 1. The molecule has 1 aromatic carbocycles. The SMILES string of the molecule is Cc1cc(NC(=O)c2ccc(F)cc2Cl)sc1C(=O)NCC(=O)OC(C)C. The number of amides is 2. The number of hydrogen-bond acceptors (Lipinski definition) is 5. The Labute approximate surface area is 164 Å². The van der Waals surface area contributed by atoms with Gasteiger partial charge in [0.15, 0.2) is 0 Å². The average Bonchev–Trinajstić information content (AvgIpc) is 2.92. The summed E-state index contributed by atoms with van der Waals surface area (Å²) in [5, 5.41) is 5.52. The Morgan fingerprint density at radius 2 is 1.93 bits per heavy atom. The normalized spacial score (nSPS) is 10.6. The average molecular weight is 413 g/mol. The van der Waals surface area contributed by atoms with Crippen molar-refractivity contribution in [1.29, 1.82) is 0 Å². The van der Waals surface area contributed by atoms with Crippen molar-refractivity contribution in [2.24, 2.45) is 0 Å². The highest BCUT2D eigenvalue weighted by Crippen LogP contribution is 2.28. The second-order valence-electron chi connectivity index (χ2n) is 5.92. The zero-order valence-corrected chi connectivity index (χ0v) is 16.5. The summed E-state index contributed by atoms with van der Waals surface area (Å²) in [5.41, 5.74) is 0.752. The molecule has 2 aromatic rings. The fraction of sp³-hybridized carbons (Fsp3) is 0.278. The Morgan fingerprint density at radius 1 is 1.22 bits per heavy atom. The van der Waals surface area contributed by atoms with Crippen LogP contribution in [0.2, 0.25) is 5.02 Å². The van der Waals surface area contributed by atoms with Crippen LogP contribution in [0.4, 0.5) is 9.39 Å². The summed E-state index contributed by atoms with van der Waals surface area (Å²) in [5.74, 6) is -2.04. The minimum absolute atomic E-state index is 0.0117. The maximum absolute atomic E-state index is 13.1. The van der Waals surface area contributed by atoms with Crippen LogP contribution in [0.5, 0.6) is 0 Å². The van der Waals surface area contributed by atoms with E-state index < -0.39 is 23.6 Å². The molecule has 0 fully saturated rings. The van der Waals surface area contributed by atoms with Crippen LogP contribution in [0, 0.1) is 12.7 Å². The largest absolute Gasteiger partial charge is 0.462 e. The number of hydrogen-bond donors (Lipinski definition) is 2. The number of carbonyl (C=O) groups is 3. The van der Waals surface area contributed by atoms with Crippen LogP contribution in [-0.4, -0.2) is 30.4 Å². The first-order chi connectivity index (χ1) is 12.7. The highest BCUT2D eigenvalue weighted by molar-refractivity contribution is 7.18. The molecule has 0 spiro atoms. The number of halogens is 2. The number of carbonyl (C=O) groups excluding carboxylic acids is 3. The molecule has 2 rings (SSSR count). The molecule has 0 aliphatic rings. The third kappa shape index (κ3) is 5.77. The molecule has 0 saturated heterocycles. The Bertz CT molecular complexity index is 882. The van der Waals surface area contributed by atoms with Crippen LogP contribution >= 0.6 is 22.9 Å². The predicted molar refractivity (Wildman–Crippen MR) is 102 cm³/mol. The third-order valence-corrected chi connectivity index (χ3v) is 4.76. The van der Waals surface area contributed by atoms with Gasteiger partial charge in [0.05, 0.1) is 26.6 Å².